The smallest absolute Gasteiger partial charge is 0.157 e. The largest absolute Gasteiger partial charge is 0.494 e. The van der Waals surface area contributed by atoms with Gasteiger partial charge in [0.2, 0.25) is 0 Å². The molecule has 2 rings (SSSR count). The molecule has 0 aliphatic carbocycles. The van der Waals surface area contributed by atoms with Gasteiger partial charge in [0, 0.05) is 18.7 Å². The molecule has 19 heavy (non-hydrogen) atoms. The first-order valence-corrected chi connectivity index (χ1v) is 6.08. The van der Waals surface area contributed by atoms with Crippen LogP contribution in [0.5, 0.6) is 5.75 Å². The van der Waals surface area contributed by atoms with Crippen LogP contribution in [0.1, 0.15) is 12.7 Å². The highest BCUT2D eigenvalue weighted by molar-refractivity contribution is 5.63. The van der Waals surface area contributed by atoms with Gasteiger partial charge in [-0.2, -0.15) is 0 Å². The van der Waals surface area contributed by atoms with E-state index in [1.807, 2.05) is 31.2 Å². The molecule has 2 aromatic rings. The molecule has 0 aliphatic heterocycles. The molecule has 0 saturated carbocycles. The number of rotatable bonds is 5. The summed E-state index contributed by atoms with van der Waals surface area (Å²) in [5.41, 5.74) is 7.49. The van der Waals surface area contributed by atoms with E-state index in [0.717, 1.165) is 17.0 Å². The number of aromatic nitrogens is 2. The van der Waals surface area contributed by atoms with Crippen molar-refractivity contribution in [2.45, 2.75) is 13.5 Å². The van der Waals surface area contributed by atoms with Crippen molar-refractivity contribution in [1.82, 2.24) is 9.97 Å². The van der Waals surface area contributed by atoms with E-state index < -0.39 is 0 Å². The van der Waals surface area contributed by atoms with Crippen molar-refractivity contribution in [1.29, 1.82) is 0 Å². The number of methoxy groups -OCH3 is 1. The summed E-state index contributed by atoms with van der Waals surface area (Å²) < 4.78 is 10.5. The molecule has 0 radical (unpaired) electrons. The number of ether oxygens (including phenoxy) is 2. The molecule has 1 aromatic heterocycles. The predicted octanol–water partition coefficient (Wildman–Crippen LogP) is 2.27. The summed E-state index contributed by atoms with van der Waals surface area (Å²) in [5, 5.41) is 0. The van der Waals surface area contributed by atoms with Crippen LogP contribution in [0, 0.1) is 0 Å². The third-order valence-corrected chi connectivity index (χ3v) is 2.51. The molecule has 0 aliphatic rings. The Hall–Kier alpha value is -2.14. The first-order chi connectivity index (χ1) is 9.22. The van der Waals surface area contributed by atoms with E-state index in [-0.39, 0.29) is 0 Å². The van der Waals surface area contributed by atoms with Gasteiger partial charge >= 0.3 is 0 Å². The molecular formula is C14H17N3O2. The summed E-state index contributed by atoms with van der Waals surface area (Å²) in [6, 6.07) is 9.47. The molecule has 5 nitrogen and oxygen atoms in total. The molecule has 5 heteroatoms. The highest BCUT2D eigenvalue weighted by Gasteiger charge is 2.06. The first-order valence-electron chi connectivity index (χ1n) is 6.08. The third-order valence-electron chi connectivity index (χ3n) is 2.51. The van der Waals surface area contributed by atoms with Gasteiger partial charge in [-0.25, -0.2) is 9.97 Å². The number of nitrogens with two attached hydrogens (primary N) is 1. The zero-order valence-corrected chi connectivity index (χ0v) is 11.1. The predicted molar refractivity (Wildman–Crippen MR) is 73.8 cm³/mol. The van der Waals surface area contributed by atoms with Crippen LogP contribution in [0.3, 0.4) is 0 Å². The highest BCUT2D eigenvalue weighted by Crippen LogP contribution is 2.23. The van der Waals surface area contributed by atoms with Gasteiger partial charge in [-0.3, -0.25) is 0 Å². The van der Waals surface area contributed by atoms with Crippen LogP contribution in [0.25, 0.3) is 11.3 Å². The van der Waals surface area contributed by atoms with Crippen molar-refractivity contribution in [2.24, 2.45) is 0 Å². The summed E-state index contributed by atoms with van der Waals surface area (Å²) in [4.78, 5) is 8.54. The lowest BCUT2D eigenvalue weighted by Crippen LogP contribution is -2.02. The average molecular weight is 259 g/mol. The monoisotopic (exact) mass is 259 g/mol. The number of benzene rings is 1. The Morgan fingerprint density at radius 2 is 2.05 bits per heavy atom. The van der Waals surface area contributed by atoms with E-state index in [1.54, 1.807) is 13.2 Å². The molecule has 1 heterocycles. The van der Waals surface area contributed by atoms with Gasteiger partial charge in [0.25, 0.3) is 0 Å². The van der Waals surface area contributed by atoms with E-state index in [4.69, 9.17) is 15.2 Å². The van der Waals surface area contributed by atoms with Gasteiger partial charge in [0.1, 0.15) is 18.2 Å². The molecule has 0 atom stereocenters. The standard InChI is InChI=1S/C14H17N3O2/c1-3-19-11-6-4-5-10(7-11)12-8-13(15)17-14(16-12)9-18-2/h4-8H,3,9H2,1-2H3,(H2,15,16,17). The number of hydrogen-bond donors (Lipinski definition) is 1. The average Bonchev–Trinajstić information content (AvgIpc) is 2.39. The fourth-order valence-corrected chi connectivity index (χ4v) is 1.77. The Labute approximate surface area is 112 Å². The van der Waals surface area contributed by atoms with Crippen molar-refractivity contribution < 1.29 is 9.47 Å². The molecule has 0 bridgehead atoms. The van der Waals surface area contributed by atoms with Crippen molar-refractivity contribution in [3.8, 4) is 17.0 Å². The molecular weight excluding hydrogens is 242 g/mol. The summed E-state index contributed by atoms with van der Waals surface area (Å²) >= 11 is 0. The van der Waals surface area contributed by atoms with Crippen molar-refractivity contribution >= 4 is 5.82 Å². The molecule has 0 unspecified atom stereocenters. The van der Waals surface area contributed by atoms with Crippen LogP contribution >= 0.6 is 0 Å². The van der Waals surface area contributed by atoms with E-state index >= 15 is 0 Å². The highest BCUT2D eigenvalue weighted by atomic mass is 16.5. The molecule has 100 valence electrons. The van der Waals surface area contributed by atoms with Crippen molar-refractivity contribution in [3.63, 3.8) is 0 Å². The molecule has 0 spiro atoms. The van der Waals surface area contributed by atoms with Gasteiger partial charge in [-0.05, 0) is 19.1 Å². The van der Waals surface area contributed by atoms with E-state index in [9.17, 15) is 0 Å². The normalized spacial score (nSPS) is 10.4. The van der Waals surface area contributed by atoms with Crippen molar-refractivity contribution in [3.05, 3.63) is 36.2 Å². The number of nitrogens with zero attached hydrogens (tertiary/aromatic N) is 2. The summed E-state index contributed by atoms with van der Waals surface area (Å²) in [7, 11) is 1.60. The minimum atomic E-state index is 0.336. The quantitative estimate of drug-likeness (QED) is 0.892. The zero-order chi connectivity index (χ0) is 13.7. The Kier molecular flexibility index (Phi) is 4.30. The summed E-state index contributed by atoms with van der Waals surface area (Å²) in [6.07, 6.45) is 0. The van der Waals surface area contributed by atoms with Crippen LogP contribution in [0.4, 0.5) is 5.82 Å². The number of anilines is 1. The maximum atomic E-state index is 5.79. The minimum Gasteiger partial charge on any atom is -0.494 e. The lowest BCUT2D eigenvalue weighted by Gasteiger charge is -2.08. The fraction of sp³-hybridized carbons (Fsp3) is 0.286. The zero-order valence-electron chi connectivity index (χ0n) is 11.1. The lowest BCUT2D eigenvalue weighted by atomic mass is 10.1. The second-order valence-electron chi connectivity index (χ2n) is 3.99. The van der Waals surface area contributed by atoms with Gasteiger partial charge in [0.15, 0.2) is 5.82 Å². The molecule has 2 N–H and O–H groups in total. The van der Waals surface area contributed by atoms with Crippen LogP contribution in [0.15, 0.2) is 30.3 Å². The number of nitrogen functional groups attached to an aromatic ring is 1. The molecule has 1 aromatic carbocycles. The summed E-state index contributed by atoms with van der Waals surface area (Å²) in [6.45, 7) is 2.92. The maximum Gasteiger partial charge on any atom is 0.157 e. The van der Waals surface area contributed by atoms with E-state index in [0.29, 0.717) is 24.9 Å². The lowest BCUT2D eigenvalue weighted by molar-refractivity contribution is 0.178. The molecule has 0 fully saturated rings. The maximum absolute atomic E-state index is 5.79. The van der Waals surface area contributed by atoms with Crippen LogP contribution in [-0.4, -0.2) is 23.7 Å². The number of hydrogen-bond acceptors (Lipinski definition) is 5. The SMILES string of the molecule is CCOc1cccc(-c2cc(N)nc(COC)n2)c1. The van der Waals surface area contributed by atoms with E-state index in [2.05, 4.69) is 9.97 Å². The Morgan fingerprint density at radius 1 is 1.21 bits per heavy atom. The van der Waals surface area contributed by atoms with Gasteiger partial charge in [0.05, 0.1) is 12.3 Å². The molecule has 0 amide bonds. The second kappa shape index (κ2) is 6.15. The Balaban J connectivity index is 2.37. The van der Waals surface area contributed by atoms with Gasteiger partial charge < -0.3 is 15.2 Å². The van der Waals surface area contributed by atoms with Crippen LogP contribution in [0.2, 0.25) is 0 Å². The van der Waals surface area contributed by atoms with Gasteiger partial charge in [-0.1, -0.05) is 12.1 Å². The van der Waals surface area contributed by atoms with Gasteiger partial charge in [-0.15, -0.1) is 0 Å². The second-order valence-corrected chi connectivity index (χ2v) is 3.99. The van der Waals surface area contributed by atoms with E-state index in [1.165, 1.54) is 0 Å². The Morgan fingerprint density at radius 3 is 2.79 bits per heavy atom. The third kappa shape index (κ3) is 3.42. The van der Waals surface area contributed by atoms with Crippen molar-refractivity contribution in [2.75, 3.05) is 19.5 Å². The first kappa shape index (κ1) is 13.3. The summed E-state index contributed by atoms with van der Waals surface area (Å²) in [5.74, 6) is 1.81. The van der Waals surface area contributed by atoms with Crippen LogP contribution < -0.4 is 10.5 Å². The van der Waals surface area contributed by atoms with Crippen LogP contribution in [-0.2, 0) is 11.3 Å². The molecule has 0 saturated heterocycles. The topological polar surface area (TPSA) is 70.3 Å². The minimum absolute atomic E-state index is 0.336. The Bertz CT molecular complexity index is 558. The fourth-order valence-electron chi connectivity index (χ4n) is 1.77.